The normalized spacial score (nSPS) is 25.2. The molecule has 2 amide bonds. The van der Waals surface area contributed by atoms with Crippen LogP contribution in [0.1, 0.15) is 26.2 Å². The lowest BCUT2D eigenvalue weighted by Crippen LogP contribution is -2.54. The number of carbonyl (C=O) groups excluding carboxylic acids is 2. The van der Waals surface area contributed by atoms with Gasteiger partial charge in [-0.2, -0.15) is 0 Å². The van der Waals surface area contributed by atoms with E-state index in [4.69, 9.17) is 4.74 Å². The molecule has 2 saturated heterocycles. The number of piperidine rings is 2. The molecule has 1 aromatic rings. The minimum absolute atomic E-state index is 0. The fourth-order valence-corrected chi connectivity index (χ4v) is 3.65. The highest BCUT2D eigenvalue weighted by Gasteiger charge is 2.31. The Morgan fingerprint density at radius 1 is 1.26 bits per heavy atom. The molecule has 6 nitrogen and oxygen atoms in total. The van der Waals surface area contributed by atoms with Gasteiger partial charge in [-0.15, -0.1) is 12.4 Å². The smallest absolute Gasteiger partial charge is 0.260 e. The Hall–Kier alpha value is -1.79. The zero-order chi connectivity index (χ0) is 18.4. The fraction of sp³-hybridized carbons (Fsp3) is 0.600. The lowest BCUT2D eigenvalue weighted by Gasteiger charge is -2.35. The Bertz CT molecular complexity index is 614. The summed E-state index contributed by atoms with van der Waals surface area (Å²) in [5.41, 5.74) is 0. The van der Waals surface area contributed by atoms with Crippen molar-refractivity contribution in [3.05, 3.63) is 30.3 Å². The van der Waals surface area contributed by atoms with Gasteiger partial charge in [0.1, 0.15) is 5.75 Å². The van der Waals surface area contributed by atoms with Crippen molar-refractivity contribution in [3.63, 3.8) is 0 Å². The summed E-state index contributed by atoms with van der Waals surface area (Å²) in [6, 6.07) is 9.51. The predicted octanol–water partition coefficient (Wildman–Crippen LogP) is 1.84. The SMILES string of the molecule is CC1CCNCC1NC(=O)C1CCCN(C(=O)COc2ccccc2)C1.Cl. The Morgan fingerprint density at radius 3 is 2.78 bits per heavy atom. The molecule has 3 unspecified atom stereocenters. The van der Waals surface area contributed by atoms with E-state index in [1.54, 1.807) is 4.90 Å². The monoisotopic (exact) mass is 395 g/mol. The number of hydrogen-bond donors (Lipinski definition) is 2. The molecule has 2 N–H and O–H groups in total. The quantitative estimate of drug-likeness (QED) is 0.798. The average Bonchev–Trinajstić information content (AvgIpc) is 2.69. The van der Waals surface area contributed by atoms with Crippen LogP contribution in [-0.2, 0) is 9.59 Å². The van der Waals surface area contributed by atoms with Crippen LogP contribution in [0.25, 0.3) is 0 Å². The third kappa shape index (κ3) is 6.11. The molecule has 150 valence electrons. The summed E-state index contributed by atoms with van der Waals surface area (Å²) in [6.07, 6.45) is 2.77. The van der Waals surface area contributed by atoms with E-state index in [0.717, 1.165) is 32.4 Å². The number of halogens is 1. The van der Waals surface area contributed by atoms with Gasteiger partial charge in [-0.3, -0.25) is 9.59 Å². The summed E-state index contributed by atoms with van der Waals surface area (Å²) in [6.45, 7) is 5.22. The molecule has 0 spiro atoms. The molecular weight excluding hydrogens is 366 g/mol. The highest BCUT2D eigenvalue weighted by Crippen LogP contribution is 2.19. The number of hydrogen-bond acceptors (Lipinski definition) is 4. The molecule has 7 heteroatoms. The van der Waals surface area contributed by atoms with Gasteiger partial charge in [-0.05, 0) is 43.9 Å². The fourth-order valence-electron chi connectivity index (χ4n) is 3.65. The molecule has 0 saturated carbocycles. The zero-order valence-corrected chi connectivity index (χ0v) is 16.7. The molecule has 0 aromatic heterocycles. The first-order valence-corrected chi connectivity index (χ1v) is 9.60. The molecule has 3 rings (SSSR count). The van der Waals surface area contributed by atoms with Crippen molar-refractivity contribution in [2.75, 3.05) is 32.8 Å². The van der Waals surface area contributed by atoms with E-state index in [9.17, 15) is 9.59 Å². The first-order chi connectivity index (χ1) is 12.6. The predicted molar refractivity (Wildman–Crippen MR) is 107 cm³/mol. The molecule has 2 fully saturated rings. The van der Waals surface area contributed by atoms with Crippen LogP contribution in [0.5, 0.6) is 5.75 Å². The van der Waals surface area contributed by atoms with Gasteiger partial charge >= 0.3 is 0 Å². The van der Waals surface area contributed by atoms with E-state index in [1.807, 2.05) is 30.3 Å². The number of nitrogens with one attached hydrogen (secondary N) is 2. The number of para-hydroxylation sites is 1. The number of rotatable bonds is 5. The molecule has 0 bridgehead atoms. The van der Waals surface area contributed by atoms with E-state index in [1.165, 1.54) is 0 Å². The molecule has 27 heavy (non-hydrogen) atoms. The van der Waals surface area contributed by atoms with Crippen molar-refractivity contribution < 1.29 is 14.3 Å². The van der Waals surface area contributed by atoms with Crippen LogP contribution >= 0.6 is 12.4 Å². The summed E-state index contributed by atoms with van der Waals surface area (Å²) >= 11 is 0. The van der Waals surface area contributed by atoms with Crippen molar-refractivity contribution in [1.82, 2.24) is 15.5 Å². The summed E-state index contributed by atoms with van der Waals surface area (Å²) in [5, 5.41) is 6.52. The molecule has 3 atom stereocenters. The molecule has 2 aliphatic rings. The van der Waals surface area contributed by atoms with Gasteiger partial charge in [-0.25, -0.2) is 0 Å². The van der Waals surface area contributed by atoms with Crippen molar-refractivity contribution >= 4 is 24.2 Å². The van der Waals surface area contributed by atoms with Crippen LogP contribution in [0.4, 0.5) is 0 Å². The van der Waals surface area contributed by atoms with Gasteiger partial charge in [0, 0.05) is 25.7 Å². The maximum Gasteiger partial charge on any atom is 0.260 e. The number of carbonyl (C=O) groups is 2. The van der Waals surface area contributed by atoms with Crippen LogP contribution < -0.4 is 15.4 Å². The number of amides is 2. The maximum absolute atomic E-state index is 12.7. The van der Waals surface area contributed by atoms with Crippen LogP contribution in [0.2, 0.25) is 0 Å². The largest absolute Gasteiger partial charge is 0.484 e. The third-order valence-electron chi connectivity index (χ3n) is 5.41. The molecule has 1 aromatic carbocycles. The lowest BCUT2D eigenvalue weighted by molar-refractivity contribution is -0.137. The molecule has 2 heterocycles. The third-order valence-corrected chi connectivity index (χ3v) is 5.41. The minimum Gasteiger partial charge on any atom is -0.484 e. The minimum atomic E-state index is -0.126. The Balaban J connectivity index is 0.00000261. The zero-order valence-electron chi connectivity index (χ0n) is 15.9. The van der Waals surface area contributed by atoms with Crippen LogP contribution in [0.3, 0.4) is 0 Å². The topological polar surface area (TPSA) is 70.7 Å². The second kappa shape index (κ2) is 10.5. The van der Waals surface area contributed by atoms with E-state index < -0.39 is 0 Å². The van der Waals surface area contributed by atoms with Gasteiger partial charge in [-0.1, -0.05) is 25.1 Å². The Kier molecular flexibility index (Phi) is 8.38. The van der Waals surface area contributed by atoms with Gasteiger partial charge in [0.2, 0.25) is 5.91 Å². The molecule has 0 aliphatic carbocycles. The van der Waals surface area contributed by atoms with Crippen molar-refractivity contribution in [2.24, 2.45) is 11.8 Å². The number of ether oxygens (including phenoxy) is 1. The van der Waals surface area contributed by atoms with Gasteiger partial charge in [0.15, 0.2) is 6.61 Å². The second-order valence-electron chi connectivity index (χ2n) is 7.37. The maximum atomic E-state index is 12.7. The highest BCUT2D eigenvalue weighted by atomic mass is 35.5. The van der Waals surface area contributed by atoms with Crippen molar-refractivity contribution in [1.29, 1.82) is 0 Å². The van der Waals surface area contributed by atoms with Crippen LogP contribution in [0, 0.1) is 11.8 Å². The van der Waals surface area contributed by atoms with E-state index in [0.29, 0.717) is 24.8 Å². The standard InChI is InChI=1S/C20H29N3O3.ClH/c1-15-9-10-21-12-18(15)22-20(25)16-6-5-11-23(13-16)19(24)14-26-17-7-3-2-4-8-17;/h2-4,7-8,15-16,18,21H,5-6,9-14H2,1H3,(H,22,25);1H. The van der Waals surface area contributed by atoms with Crippen molar-refractivity contribution in [2.45, 2.75) is 32.2 Å². The molecular formula is C20H30ClN3O3. The summed E-state index contributed by atoms with van der Waals surface area (Å²) < 4.78 is 5.55. The highest BCUT2D eigenvalue weighted by molar-refractivity contribution is 5.85. The Labute approximate surface area is 167 Å². The van der Waals surface area contributed by atoms with Gasteiger partial charge in [0.05, 0.1) is 5.92 Å². The average molecular weight is 396 g/mol. The first-order valence-electron chi connectivity index (χ1n) is 9.60. The summed E-state index contributed by atoms with van der Waals surface area (Å²) in [4.78, 5) is 26.9. The lowest BCUT2D eigenvalue weighted by atomic mass is 9.92. The van der Waals surface area contributed by atoms with E-state index in [2.05, 4.69) is 17.6 Å². The first kappa shape index (κ1) is 21.5. The molecule has 2 aliphatic heterocycles. The van der Waals surface area contributed by atoms with Crippen LogP contribution in [-0.4, -0.2) is 55.5 Å². The second-order valence-corrected chi connectivity index (χ2v) is 7.37. The Morgan fingerprint density at radius 2 is 2.04 bits per heavy atom. The number of benzene rings is 1. The molecule has 0 radical (unpaired) electrons. The van der Waals surface area contributed by atoms with Gasteiger partial charge < -0.3 is 20.3 Å². The summed E-state index contributed by atoms with van der Waals surface area (Å²) in [7, 11) is 0. The summed E-state index contributed by atoms with van der Waals surface area (Å²) in [5.74, 6) is 1.07. The van der Waals surface area contributed by atoms with Crippen LogP contribution in [0.15, 0.2) is 30.3 Å². The van der Waals surface area contributed by atoms with Gasteiger partial charge in [0.25, 0.3) is 5.91 Å². The van der Waals surface area contributed by atoms with E-state index >= 15 is 0 Å². The number of nitrogens with zero attached hydrogens (tertiary/aromatic N) is 1. The van der Waals surface area contributed by atoms with E-state index in [-0.39, 0.29) is 42.8 Å². The van der Waals surface area contributed by atoms with Crippen molar-refractivity contribution in [3.8, 4) is 5.75 Å². The number of likely N-dealkylation sites (tertiary alicyclic amines) is 1.